The maximum Gasteiger partial charge on any atom is 0.168 e. The summed E-state index contributed by atoms with van der Waals surface area (Å²) in [5.41, 5.74) is 0. The predicted octanol–water partition coefficient (Wildman–Crippen LogP) is 2.07. The number of hydrogen-bond donors (Lipinski definition) is 1. The van der Waals surface area contributed by atoms with Crippen LogP contribution in [0.5, 0.6) is 0 Å². The van der Waals surface area contributed by atoms with Crippen molar-refractivity contribution >= 4 is 28.7 Å². The molecule has 1 aromatic rings. The van der Waals surface area contributed by atoms with Crippen LogP contribution in [0.4, 0.5) is 0 Å². The van der Waals surface area contributed by atoms with Gasteiger partial charge in [-0.2, -0.15) is 0 Å². The SMILES string of the molecule is CCN(Cc1cccs1)C(=S)NC. The summed E-state index contributed by atoms with van der Waals surface area (Å²) in [4.78, 5) is 3.49. The summed E-state index contributed by atoms with van der Waals surface area (Å²) in [5, 5.41) is 5.89. The molecule has 0 unspecified atom stereocenters. The molecule has 0 aliphatic carbocycles. The van der Waals surface area contributed by atoms with Gasteiger partial charge in [-0.25, -0.2) is 0 Å². The van der Waals surface area contributed by atoms with E-state index in [1.165, 1.54) is 4.88 Å². The minimum Gasteiger partial charge on any atom is -0.366 e. The van der Waals surface area contributed by atoms with Crippen LogP contribution in [0.15, 0.2) is 17.5 Å². The normalized spacial score (nSPS) is 9.69. The van der Waals surface area contributed by atoms with Crippen molar-refractivity contribution in [2.45, 2.75) is 13.5 Å². The van der Waals surface area contributed by atoms with Crippen LogP contribution >= 0.6 is 23.6 Å². The van der Waals surface area contributed by atoms with E-state index in [-0.39, 0.29) is 0 Å². The molecule has 0 aliphatic heterocycles. The van der Waals surface area contributed by atoms with E-state index in [4.69, 9.17) is 12.2 Å². The average Bonchev–Trinajstić information content (AvgIpc) is 2.65. The van der Waals surface area contributed by atoms with Crippen molar-refractivity contribution in [1.82, 2.24) is 10.2 Å². The van der Waals surface area contributed by atoms with Crippen LogP contribution in [-0.4, -0.2) is 23.6 Å². The molecule has 0 saturated heterocycles. The molecule has 72 valence electrons. The van der Waals surface area contributed by atoms with Crippen molar-refractivity contribution in [1.29, 1.82) is 0 Å². The third-order valence-electron chi connectivity index (χ3n) is 1.81. The molecule has 0 aromatic carbocycles. The summed E-state index contributed by atoms with van der Waals surface area (Å²) in [7, 11) is 1.86. The van der Waals surface area contributed by atoms with Gasteiger partial charge in [0.1, 0.15) is 0 Å². The smallest absolute Gasteiger partial charge is 0.168 e. The fraction of sp³-hybridized carbons (Fsp3) is 0.444. The number of nitrogens with zero attached hydrogens (tertiary/aromatic N) is 1. The van der Waals surface area contributed by atoms with E-state index in [0.29, 0.717) is 0 Å². The Kier molecular flexibility index (Phi) is 4.18. The van der Waals surface area contributed by atoms with E-state index in [1.54, 1.807) is 11.3 Å². The van der Waals surface area contributed by atoms with Crippen molar-refractivity contribution in [3.05, 3.63) is 22.4 Å². The lowest BCUT2D eigenvalue weighted by Gasteiger charge is -2.22. The number of thiocarbonyl (C=S) groups is 1. The van der Waals surface area contributed by atoms with Gasteiger partial charge >= 0.3 is 0 Å². The molecular formula is C9H14N2S2. The molecular weight excluding hydrogens is 200 g/mol. The van der Waals surface area contributed by atoms with E-state index < -0.39 is 0 Å². The number of nitrogens with one attached hydrogen (secondary N) is 1. The second-order valence-electron chi connectivity index (χ2n) is 2.65. The Bertz CT molecular complexity index is 257. The number of hydrogen-bond acceptors (Lipinski definition) is 2. The molecule has 1 N–H and O–H groups in total. The maximum absolute atomic E-state index is 5.17. The van der Waals surface area contributed by atoms with Crippen LogP contribution in [-0.2, 0) is 6.54 Å². The molecule has 0 amide bonds. The Morgan fingerprint density at radius 2 is 2.46 bits per heavy atom. The Morgan fingerprint density at radius 1 is 1.69 bits per heavy atom. The monoisotopic (exact) mass is 214 g/mol. The first-order chi connectivity index (χ1) is 6.27. The summed E-state index contributed by atoms with van der Waals surface area (Å²) in [6.07, 6.45) is 0. The quantitative estimate of drug-likeness (QED) is 0.776. The minimum absolute atomic E-state index is 0.816. The standard InChI is InChI=1S/C9H14N2S2/c1-3-11(9(12)10-2)7-8-5-4-6-13-8/h4-6H,3,7H2,1-2H3,(H,10,12). The molecule has 2 nitrogen and oxygen atoms in total. The zero-order valence-electron chi connectivity index (χ0n) is 7.91. The fourth-order valence-corrected chi connectivity index (χ4v) is 1.99. The van der Waals surface area contributed by atoms with Gasteiger partial charge in [0.05, 0.1) is 6.54 Å². The van der Waals surface area contributed by atoms with Gasteiger partial charge in [-0.15, -0.1) is 11.3 Å². The van der Waals surface area contributed by atoms with E-state index in [1.807, 2.05) is 7.05 Å². The first-order valence-corrected chi connectivity index (χ1v) is 5.55. The molecule has 4 heteroatoms. The first kappa shape index (κ1) is 10.5. The van der Waals surface area contributed by atoms with Gasteiger partial charge in [0, 0.05) is 18.5 Å². The van der Waals surface area contributed by atoms with E-state index in [2.05, 4.69) is 34.7 Å². The van der Waals surface area contributed by atoms with Crippen molar-refractivity contribution < 1.29 is 0 Å². The second-order valence-corrected chi connectivity index (χ2v) is 4.07. The molecule has 0 atom stereocenters. The second kappa shape index (κ2) is 5.19. The van der Waals surface area contributed by atoms with Crippen molar-refractivity contribution in [2.24, 2.45) is 0 Å². The van der Waals surface area contributed by atoms with E-state index >= 15 is 0 Å². The summed E-state index contributed by atoms with van der Waals surface area (Å²) in [6, 6.07) is 4.20. The van der Waals surface area contributed by atoms with E-state index in [0.717, 1.165) is 18.2 Å². The van der Waals surface area contributed by atoms with Gasteiger partial charge in [0.2, 0.25) is 0 Å². The lowest BCUT2D eigenvalue weighted by Crippen LogP contribution is -2.36. The predicted molar refractivity (Wildman–Crippen MR) is 62.1 cm³/mol. The molecule has 1 heterocycles. The average molecular weight is 214 g/mol. The largest absolute Gasteiger partial charge is 0.366 e. The molecule has 13 heavy (non-hydrogen) atoms. The topological polar surface area (TPSA) is 15.3 Å². The maximum atomic E-state index is 5.17. The molecule has 0 saturated carbocycles. The highest BCUT2D eigenvalue weighted by Gasteiger charge is 2.06. The van der Waals surface area contributed by atoms with Crippen LogP contribution in [0, 0.1) is 0 Å². The highest BCUT2D eigenvalue weighted by atomic mass is 32.1. The molecule has 1 rings (SSSR count). The van der Waals surface area contributed by atoms with Crippen molar-refractivity contribution in [3.8, 4) is 0 Å². The molecule has 1 aromatic heterocycles. The van der Waals surface area contributed by atoms with Crippen molar-refractivity contribution in [3.63, 3.8) is 0 Å². The van der Waals surface area contributed by atoms with Crippen LogP contribution in [0.2, 0.25) is 0 Å². The number of rotatable bonds is 3. The molecule has 0 aliphatic rings. The third-order valence-corrected chi connectivity index (χ3v) is 3.13. The summed E-state index contributed by atoms with van der Waals surface area (Å²) in [5.74, 6) is 0. The zero-order valence-corrected chi connectivity index (χ0v) is 9.54. The van der Waals surface area contributed by atoms with Crippen LogP contribution < -0.4 is 5.32 Å². The van der Waals surface area contributed by atoms with E-state index in [9.17, 15) is 0 Å². The Hall–Kier alpha value is -0.610. The van der Waals surface area contributed by atoms with Crippen LogP contribution in [0.1, 0.15) is 11.8 Å². The highest BCUT2D eigenvalue weighted by Crippen LogP contribution is 2.11. The van der Waals surface area contributed by atoms with Crippen LogP contribution in [0.3, 0.4) is 0 Å². The molecule has 0 radical (unpaired) electrons. The third kappa shape index (κ3) is 2.97. The van der Waals surface area contributed by atoms with Gasteiger partial charge in [-0.05, 0) is 30.6 Å². The van der Waals surface area contributed by atoms with Gasteiger partial charge in [-0.1, -0.05) is 6.07 Å². The summed E-state index contributed by atoms with van der Waals surface area (Å²) in [6.45, 7) is 3.96. The highest BCUT2D eigenvalue weighted by molar-refractivity contribution is 7.80. The first-order valence-electron chi connectivity index (χ1n) is 4.27. The summed E-state index contributed by atoms with van der Waals surface area (Å²) >= 11 is 6.93. The van der Waals surface area contributed by atoms with Crippen molar-refractivity contribution in [2.75, 3.05) is 13.6 Å². The van der Waals surface area contributed by atoms with Gasteiger partial charge in [0.25, 0.3) is 0 Å². The molecule has 0 fully saturated rings. The Morgan fingerprint density at radius 3 is 2.92 bits per heavy atom. The fourth-order valence-electron chi connectivity index (χ4n) is 1.08. The van der Waals surface area contributed by atoms with Crippen LogP contribution in [0.25, 0.3) is 0 Å². The molecule has 0 spiro atoms. The Balaban J connectivity index is 2.54. The number of thiophene rings is 1. The lowest BCUT2D eigenvalue weighted by molar-refractivity contribution is 0.435. The zero-order chi connectivity index (χ0) is 9.68. The molecule has 0 bridgehead atoms. The van der Waals surface area contributed by atoms with Gasteiger partial charge in [-0.3, -0.25) is 0 Å². The van der Waals surface area contributed by atoms with Gasteiger partial charge < -0.3 is 10.2 Å². The lowest BCUT2D eigenvalue weighted by atomic mass is 10.4. The van der Waals surface area contributed by atoms with Gasteiger partial charge in [0.15, 0.2) is 5.11 Å². The minimum atomic E-state index is 0.816. The summed E-state index contributed by atoms with van der Waals surface area (Å²) < 4.78 is 0. The Labute approximate surface area is 88.6 Å².